The van der Waals surface area contributed by atoms with Gasteiger partial charge in [0.15, 0.2) is 0 Å². The molecule has 4 nitrogen and oxygen atoms in total. The molecule has 4 heteroatoms. The molecule has 0 bridgehead atoms. The van der Waals surface area contributed by atoms with E-state index >= 15 is 0 Å². The molecule has 0 aromatic carbocycles. The lowest BCUT2D eigenvalue weighted by atomic mass is 10.0. The molecule has 1 aliphatic rings. The van der Waals surface area contributed by atoms with E-state index in [2.05, 4.69) is 24.5 Å². The number of carbonyl (C=O) groups excluding carboxylic acids is 1. The SMILES string of the molecule is CC(C)C(C(=O)N[C@H]1CCCNC1)N(C)C. The van der Waals surface area contributed by atoms with Crippen molar-refractivity contribution in [1.82, 2.24) is 15.5 Å². The molecule has 0 aromatic heterocycles. The molecular weight excluding hydrogens is 202 g/mol. The molecule has 2 atom stereocenters. The first-order valence-corrected chi connectivity index (χ1v) is 6.20. The van der Waals surface area contributed by atoms with Crippen molar-refractivity contribution in [1.29, 1.82) is 0 Å². The van der Waals surface area contributed by atoms with E-state index < -0.39 is 0 Å². The van der Waals surface area contributed by atoms with Crippen LogP contribution < -0.4 is 10.6 Å². The highest BCUT2D eigenvalue weighted by atomic mass is 16.2. The third-order valence-electron chi connectivity index (χ3n) is 3.10. The number of carbonyl (C=O) groups is 1. The van der Waals surface area contributed by atoms with Crippen molar-refractivity contribution in [3.63, 3.8) is 0 Å². The topological polar surface area (TPSA) is 44.4 Å². The summed E-state index contributed by atoms with van der Waals surface area (Å²) in [6.45, 7) is 6.16. The Morgan fingerprint density at radius 3 is 2.56 bits per heavy atom. The molecule has 1 unspecified atom stereocenters. The second-order valence-electron chi connectivity index (χ2n) is 5.20. The Kier molecular flexibility index (Phi) is 5.22. The lowest BCUT2D eigenvalue weighted by molar-refractivity contribution is -0.127. The second kappa shape index (κ2) is 6.21. The van der Waals surface area contributed by atoms with E-state index in [1.165, 1.54) is 0 Å². The minimum Gasteiger partial charge on any atom is -0.351 e. The van der Waals surface area contributed by atoms with Crippen LogP contribution in [0.2, 0.25) is 0 Å². The molecule has 0 spiro atoms. The number of rotatable bonds is 4. The zero-order valence-electron chi connectivity index (χ0n) is 10.9. The monoisotopic (exact) mass is 227 g/mol. The summed E-state index contributed by atoms with van der Waals surface area (Å²) in [5, 5.41) is 6.45. The van der Waals surface area contributed by atoms with Crippen LogP contribution >= 0.6 is 0 Å². The van der Waals surface area contributed by atoms with Crippen LogP contribution in [0.4, 0.5) is 0 Å². The van der Waals surface area contributed by atoms with Crippen LogP contribution in [0.1, 0.15) is 26.7 Å². The third kappa shape index (κ3) is 3.76. The van der Waals surface area contributed by atoms with Crippen LogP contribution in [0.3, 0.4) is 0 Å². The molecule has 0 aromatic rings. The Morgan fingerprint density at radius 1 is 1.44 bits per heavy atom. The molecule has 94 valence electrons. The van der Waals surface area contributed by atoms with Gasteiger partial charge >= 0.3 is 0 Å². The average molecular weight is 227 g/mol. The Morgan fingerprint density at radius 2 is 2.12 bits per heavy atom. The number of nitrogens with zero attached hydrogens (tertiary/aromatic N) is 1. The largest absolute Gasteiger partial charge is 0.351 e. The molecule has 1 fully saturated rings. The van der Waals surface area contributed by atoms with Gasteiger partial charge in [-0.1, -0.05) is 13.8 Å². The lowest BCUT2D eigenvalue weighted by Crippen LogP contribution is -2.53. The summed E-state index contributed by atoms with van der Waals surface area (Å²) in [6, 6.07) is 0.282. The van der Waals surface area contributed by atoms with Gasteiger partial charge in [-0.15, -0.1) is 0 Å². The standard InChI is InChI=1S/C12H25N3O/c1-9(2)11(15(3)4)12(16)14-10-6-5-7-13-8-10/h9-11,13H,5-8H2,1-4H3,(H,14,16)/t10-,11?/m0/s1. The first kappa shape index (κ1) is 13.5. The molecule has 1 amide bonds. The van der Waals surface area contributed by atoms with E-state index in [0.717, 1.165) is 25.9 Å². The van der Waals surface area contributed by atoms with E-state index in [9.17, 15) is 4.79 Å². The maximum atomic E-state index is 12.1. The number of hydrogen-bond acceptors (Lipinski definition) is 3. The molecule has 0 aliphatic carbocycles. The van der Waals surface area contributed by atoms with Crippen LogP contribution in [0.25, 0.3) is 0 Å². The minimum atomic E-state index is -0.0260. The van der Waals surface area contributed by atoms with Crippen LogP contribution in [-0.2, 0) is 4.79 Å². The van der Waals surface area contributed by atoms with E-state index in [-0.39, 0.29) is 11.9 Å². The van der Waals surface area contributed by atoms with Gasteiger partial charge in [-0.3, -0.25) is 9.69 Å². The second-order valence-corrected chi connectivity index (χ2v) is 5.20. The molecule has 1 rings (SSSR count). The van der Waals surface area contributed by atoms with Crippen LogP contribution in [0.15, 0.2) is 0 Å². The zero-order chi connectivity index (χ0) is 12.1. The summed E-state index contributed by atoms with van der Waals surface area (Å²) in [5.41, 5.74) is 0. The fraction of sp³-hybridized carbons (Fsp3) is 0.917. The van der Waals surface area contributed by atoms with Gasteiger partial charge in [0.05, 0.1) is 6.04 Å². The van der Waals surface area contributed by atoms with Gasteiger partial charge in [0, 0.05) is 12.6 Å². The highest BCUT2D eigenvalue weighted by molar-refractivity contribution is 5.82. The van der Waals surface area contributed by atoms with Crippen molar-refractivity contribution in [3.05, 3.63) is 0 Å². The zero-order valence-corrected chi connectivity index (χ0v) is 10.9. The Balaban J connectivity index is 2.47. The normalized spacial score (nSPS) is 23.5. The number of hydrogen-bond donors (Lipinski definition) is 2. The van der Waals surface area contributed by atoms with Gasteiger partial charge in [0.2, 0.25) is 5.91 Å². The number of likely N-dealkylation sites (N-methyl/N-ethyl adjacent to an activating group) is 1. The van der Waals surface area contributed by atoms with Crippen molar-refractivity contribution in [2.75, 3.05) is 27.2 Å². The van der Waals surface area contributed by atoms with Gasteiger partial charge in [-0.25, -0.2) is 0 Å². The molecule has 1 heterocycles. The summed E-state index contributed by atoms with van der Waals surface area (Å²) in [4.78, 5) is 14.1. The van der Waals surface area contributed by atoms with Gasteiger partial charge in [0.25, 0.3) is 0 Å². The minimum absolute atomic E-state index is 0.0260. The van der Waals surface area contributed by atoms with Crippen molar-refractivity contribution >= 4 is 5.91 Å². The third-order valence-corrected chi connectivity index (χ3v) is 3.10. The maximum absolute atomic E-state index is 12.1. The predicted molar refractivity (Wildman–Crippen MR) is 66.3 cm³/mol. The fourth-order valence-electron chi connectivity index (χ4n) is 2.40. The Bertz CT molecular complexity index is 214. The summed E-state index contributed by atoms with van der Waals surface area (Å²) in [5.74, 6) is 0.500. The van der Waals surface area contributed by atoms with E-state index in [1.54, 1.807) is 0 Å². The number of amides is 1. The smallest absolute Gasteiger partial charge is 0.237 e. The lowest BCUT2D eigenvalue weighted by Gasteiger charge is -2.30. The maximum Gasteiger partial charge on any atom is 0.237 e. The molecule has 0 radical (unpaired) electrons. The summed E-state index contributed by atoms with van der Waals surface area (Å²) in [7, 11) is 3.92. The highest BCUT2D eigenvalue weighted by Crippen LogP contribution is 2.09. The summed E-state index contributed by atoms with van der Waals surface area (Å²) >= 11 is 0. The van der Waals surface area contributed by atoms with Gasteiger partial charge in [-0.2, -0.15) is 0 Å². The van der Waals surface area contributed by atoms with Gasteiger partial charge < -0.3 is 10.6 Å². The highest BCUT2D eigenvalue weighted by Gasteiger charge is 2.26. The van der Waals surface area contributed by atoms with Crippen molar-refractivity contribution in [2.24, 2.45) is 5.92 Å². The molecule has 2 N–H and O–H groups in total. The predicted octanol–water partition coefficient (Wildman–Crippen LogP) is 0.441. The quantitative estimate of drug-likeness (QED) is 0.732. The van der Waals surface area contributed by atoms with Crippen LogP contribution in [0, 0.1) is 5.92 Å². The summed E-state index contributed by atoms with van der Waals surface area (Å²) < 4.78 is 0. The van der Waals surface area contributed by atoms with E-state index in [4.69, 9.17) is 0 Å². The van der Waals surface area contributed by atoms with E-state index in [0.29, 0.717) is 12.0 Å². The first-order valence-electron chi connectivity index (χ1n) is 6.20. The number of piperidine rings is 1. The number of nitrogens with one attached hydrogen (secondary N) is 2. The fourth-order valence-corrected chi connectivity index (χ4v) is 2.40. The van der Waals surface area contributed by atoms with Gasteiger partial charge in [0.1, 0.15) is 0 Å². The Hall–Kier alpha value is -0.610. The molecule has 1 aliphatic heterocycles. The van der Waals surface area contributed by atoms with Crippen molar-refractivity contribution < 1.29 is 4.79 Å². The molecule has 1 saturated heterocycles. The first-order chi connectivity index (χ1) is 7.52. The van der Waals surface area contributed by atoms with Crippen LogP contribution in [-0.4, -0.2) is 50.1 Å². The molecule has 16 heavy (non-hydrogen) atoms. The Labute approximate surface area is 98.8 Å². The summed E-state index contributed by atoms with van der Waals surface area (Å²) in [6.07, 6.45) is 2.25. The molecule has 0 saturated carbocycles. The van der Waals surface area contributed by atoms with E-state index in [1.807, 2.05) is 19.0 Å². The average Bonchev–Trinajstić information content (AvgIpc) is 2.17. The van der Waals surface area contributed by atoms with Gasteiger partial charge in [-0.05, 0) is 39.4 Å². The van der Waals surface area contributed by atoms with Crippen molar-refractivity contribution in [2.45, 2.75) is 38.8 Å². The van der Waals surface area contributed by atoms with Crippen molar-refractivity contribution in [3.8, 4) is 0 Å². The van der Waals surface area contributed by atoms with Crippen LogP contribution in [0.5, 0.6) is 0 Å². The molecular formula is C12H25N3O.